The average molecular weight is 197 g/mol. The number of aryl methyl sites for hydroxylation is 1. The molecule has 1 aromatic rings. The van der Waals surface area contributed by atoms with Crippen molar-refractivity contribution in [2.24, 2.45) is 5.73 Å². The molecule has 1 rings (SSSR count). The van der Waals surface area contributed by atoms with Gasteiger partial charge in [-0.15, -0.1) is 0 Å². The second kappa shape index (κ2) is 4.86. The largest absolute Gasteiger partial charge is 0.330 e. The molecule has 0 bridgehead atoms. The summed E-state index contributed by atoms with van der Waals surface area (Å²) < 4.78 is 26.5. The molecule has 1 aromatic carbocycles. The second-order valence-electron chi connectivity index (χ2n) is 3.07. The average Bonchev–Trinajstić information content (AvgIpc) is 2.18. The van der Waals surface area contributed by atoms with E-state index < -0.39 is 11.6 Å². The first-order valence-corrected chi connectivity index (χ1v) is 4.48. The molecule has 0 saturated carbocycles. The van der Waals surface area contributed by atoms with E-state index in [1.807, 2.05) is 0 Å². The monoisotopic (exact) mass is 197 g/mol. The van der Waals surface area contributed by atoms with Gasteiger partial charge in [0.2, 0.25) is 0 Å². The first-order chi connectivity index (χ1) is 6.66. The third kappa shape index (κ3) is 2.39. The van der Waals surface area contributed by atoms with Crippen molar-refractivity contribution in [1.82, 2.24) is 0 Å². The fourth-order valence-corrected chi connectivity index (χ4v) is 1.13. The SMILES string of the molecule is Cc1ccc(F)c(/C=C/CCN)c1F. The van der Waals surface area contributed by atoms with Gasteiger partial charge in [-0.3, -0.25) is 0 Å². The van der Waals surface area contributed by atoms with Crippen LogP contribution in [0.5, 0.6) is 0 Å². The number of rotatable bonds is 3. The minimum absolute atomic E-state index is 0.0125. The molecule has 0 aliphatic carbocycles. The summed E-state index contributed by atoms with van der Waals surface area (Å²) in [6.07, 6.45) is 3.72. The summed E-state index contributed by atoms with van der Waals surface area (Å²) >= 11 is 0. The Hall–Kier alpha value is -1.22. The molecule has 0 amide bonds. The van der Waals surface area contributed by atoms with Gasteiger partial charge in [-0.1, -0.05) is 18.2 Å². The quantitative estimate of drug-likeness (QED) is 0.792. The number of halogens is 2. The Morgan fingerprint density at radius 2 is 2.07 bits per heavy atom. The zero-order valence-electron chi connectivity index (χ0n) is 8.06. The molecule has 14 heavy (non-hydrogen) atoms. The van der Waals surface area contributed by atoms with Crippen LogP contribution in [0.1, 0.15) is 17.5 Å². The van der Waals surface area contributed by atoms with Crippen LogP contribution < -0.4 is 5.73 Å². The summed E-state index contributed by atoms with van der Waals surface area (Å²) in [7, 11) is 0. The Kier molecular flexibility index (Phi) is 3.77. The standard InChI is InChI=1S/C11H13F2N/c1-8-5-6-10(12)9(11(8)13)4-2-3-7-14/h2,4-6H,3,7,14H2,1H3/b4-2+. The minimum atomic E-state index is -0.540. The minimum Gasteiger partial charge on any atom is -0.330 e. The molecule has 0 spiro atoms. The van der Waals surface area contributed by atoms with E-state index >= 15 is 0 Å². The fourth-order valence-electron chi connectivity index (χ4n) is 1.13. The number of hydrogen-bond acceptors (Lipinski definition) is 1. The molecule has 0 aromatic heterocycles. The lowest BCUT2D eigenvalue weighted by atomic mass is 10.1. The Bertz CT molecular complexity index is 345. The zero-order chi connectivity index (χ0) is 10.6. The van der Waals surface area contributed by atoms with Crippen molar-refractivity contribution < 1.29 is 8.78 Å². The lowest BCUT2D eigenvalue weighted by Gasteiger charge is -2.02. The molecule has 0 radical (unpaired) electrons. The van der Waals surface area contributed by atoms with Gasteiger partial charge in [0.15, 0.2) is 0 Å². The number of benzene rings is 1. The molecule has 1 nitrogen and oxygen atoms in total. The van der Waals surface area contributed by atoms with Crippen LogP contribution in [0.4, 0.5) is 8.78 Å². The highest BCUT2D eigenvalue weighted by molar-refractivity contribution is 5.52. The number of nitrogens with two attached hydrogens (primary N) is 1. The molecule has 0 fully saturated rings. The van der Waals surface area contributed by atoms with Crippen LogP contribution in [-0.4, -0.2) is 6.54 Å². The van der Waals surface area contributed by atoms with Crippen LogP contribution in [0.15, 0.2) is 18.2 Å². The van der Waals surface area contributed by atoms with Gasteiger partial charge < -0.3 is 5.73 Å². The van der Waals surface area contributed by atoms with Gasteiger partial charge in [0, 0.05) is 5.56 Å². The highest BCUT2D eigenvalue weighted by atomic mass is 19.1. The van der Waals surface area contributed by atoms with Gasteiger partial charge in [0.25, 0.3) is 0 Å². The lowest BCUT2D eigenvalue weighted by molar-refractivity contribution is 0.573. The summed E-state index contributed by atoms with van der Waals surface area (Å²) in [6, 6.07) is 2.69. The molecule has 0 saturated heterocycles. The second-order valence-corrected chi connectivity index (χ2v) is 3.07. The number of hydrogen-bond donors (Lipinski definition) is 1. The molecule has 0 atom stereocenters. The normalized spacial score (nSPS) is 11.1. The van der Waals surface area contributed by atoms with Gasteiger partial charge in [-0.25, -0.2) is 8.78 Å². The van der Waals surface area contributed by atoms with Crippen molar-refractivity contribution in [1.29, 1.82) is 0 Å². The van der Waals surface area contributed by atoms with E-state index in [-0.39, 0.29) is 5.56 Å². The Morgan fingerprint density at radius 3 is 2.71 bits per heavy atom. The predicted octanol–water partition coefficient (Wildman–Crippen LogP) is 2.64. The van der Waals surface area contributed by atoms with Gasteiger partial charge >= 0.3 is 0 Å². The van der Waals surface area contributed by atoms with Crippen LogP contribution in [0.3, 0.4) is 0 Å². The molecule has 76 valence electrons. The summed E-state index contributed by atoms with van der Waals surface area (Å²) in [6.45, 7) is 2.08. The molecule has 0 unspecified atom stereocenters. The summed E-state index contributed by atoms with van der Waals surface area (Å²) in [4.78, 5) is 0. The maximum Gasteiger partial charge on any atom is 0.136 e. The van der Waals surface area contributed by atoms with E-state index in [2.05, 4.69) is 0 Å². The van der Waals surface area contributed by atoms with Gasteiger partial charge in [-0.2, -0.15) is 0 Å². The fraction of sp³-hybridized carbons (Fsp3) is 0.273. The first kappa shape index (κ1) is 10.9. The highest BCUT2D eigenvalue weighted by Gasteiger charge is 2.07. The lowest BCUT2D eigenvalue weighted by Crippen LogP contribution is -1.96. The Morgan fingerprint density at radius 1 is 1.36 bits per heavy atom. The molecule has 0 aliphatic heterocycles. The van der Waals surface area contributed by atoms with Crippen molar-refractivity contribution in [2.75, 3.05) is 6.54 Å². The maximum absolute atomic E-state index is 13.4. The summed E-state index contributed by atoms with van der Waals surface area (Å²) in [5, 5.41) is 0. The van der Waals surface area contributed by atoms with Gasteiger partial charge in [0.1, 0.15) is 11.6 Å². The van der Waals surface area contributed by atoms with E-state index in [1.54, 1.807) is 13.0 Å². The topological polar surface area (TPSA) is 26.0 Å². The summed E-state index contributed by atoms with van der Waals surface area (Å²) in [5.74, 6) is -1.04. The zero-order valence-corrected chi connectivity index (χ0v) is 8.06. The van der Waals surface area contributed by atoms with Crippen LogP contribution in [0.25, 0.3) is 6.08 Å². The highest BCUT2D eigenvalue weighted by Crippen LogP contribution is 2.17. The van der Waals surface area contributed by atoms with Crippen LogP contribution >= 0.6 is 0 Å². The van der Waals surface area contributed by atoms with Gasteiger partial charge in [0.05, 0.1) is 0 Å². The van der Waals surface area contributed by atoms with Crippen molar-refractivity contribution in [3.8, 4) is 0 Å². The third-order valence-corrected chi connectivity index (χ3v) is 1.94. The summed E-state index contributed by atoms with van der Waals surface area (Å²) in [5.41, 5.74) is 5.72. The van der Waals surface area contributed by atoms with Crippen LogP contribution in [-0.2, 0) is 0 Å². The van der Waals surface area contributed by atoms with Crippen molar-refractivity contribution in [3.05, 3.63) is 41.0 Å². The maximum atomic E-state index is 13.4. The molecule has 0 aliphatic rings. The van der Waals surface area contributed by atoms with Crippen molar-refractivity contribution in [3.63, 3.8) is 0 Å². The Balaban J connectivity index is 3.00. The van der Waals surface area contributed by atoms with E-state index in [1.165, 1.54) is 18.2 Å². The van der Waals surface area contributed by atoms with Gasteiger partial charge in [-0.05, 0) is 31.5 Å². The first-order valence-electron chi connectivity index (χ1n) is 4.48. The molecule has 3 heteroatoms. The molecule has 2 N–H and O–H groups in total. The van der Waals surface area contributed by atoms with E-state index in [0.29, 0.717) is 18.5 Å². The molecular formula is C11H13F2N. The molecular weight excluding hydrogens is 184 g/mol. The van der Waals surface area contributed by atoms with Crippen molar-refractivity contribution >= 4 is 6.08 Å². The third-order valence-electron chi connectivity index (χ3n) is 1.94. The van der Waals surface area contributed by atoms with Crippen LogP contribution in [0, 0.1) is 18.6 Å². The van der Waals surface area contributed by atoms with E-state index in [0.717, 1.165) is 0 Å². The van der Waals surface area contributed by atoms with Crippen molar-refractivity contribution in [2.45, 2.75) is 13.3 Å². The van der Waals surface area contributed by atoms with Crippen LogP contribution in [0.2, 0.25) is 0 Å². The van der Waals surface area contributed by atoms with E-state index in [4.69, 9.17) is 5.73 Å². The smallest absolute Gasteiger partial charge is 0.136 e. The Labute approximate surface area is 82.2 Å². The molecule has 0 heterocycles. The predicted molar refractivity (Wildman–Crippen MR) is 53.8 cm³/mol. The van der Waals surface area contributed by atoms with E-state index in [9.17, 15) is 8.78 Å².